The summed E-state index contributed by atoms with van der Waals surface area (Å²) in [6.07, 6.45) is 1.39. The lowest BCUT2D eigenvalue weighted by molar-refractivity contribution is -0.137. The van der Waals surface area contributed by atoms with Gasteiger partial charge in [-0.1, -0.05) is 12.1 Å². The molecule has 0 aliphatic carbocycles. The molecule has 1 amide bonds. The highest BCUT2D eigenvalue weighted by atomic mass is 16.4. The van der Waals surface area contributed by atoms with E-state index in [1.54, 1.807) is 19.1 Å². The predicted molar refractivity (Wildman–Crippen MR) is 85.2 cm³/mol. The maximum Gasteiger partial charge on any atom is 0.305 e. The van der Waals surface area contributed by atoms with Crippen LogP contribution >= 0.6 is 0 Å². The number of benzene rings is 1. The highest BCUT2D eigenvalue weighted by Gasteiger charge is 2.12. The van der Waals surface area contributed by atoms with Gasteiger partial charge in [-0.3, -0.25) is 19.0 Å². The first-order valence-electron chi connectivity index (χ1n) is 7.34. The Labute approximate surface area is 133 Å². The molecule has 1 unspecified atom stereocenters. The van der Waals surface area contributed by atoms with Gasteiger partial charge < -0.3 is 10.4 Å². The minimum atomic E-state index is -0.969. The fourth-order valence-electron chi connectivity index (χ4n) is 2.38. The van der Waals surface area contributed by atoms with Gasteiger partial charge in [0.1, 0.15) is 0 Å². The Hall–Kier alpha value is -2.70. The van der Waals surface area contributed by atoms with Crippen LogP contribution in [0.2, 0.25) is 0 Å². The lowest BCUT2D eigenvalue weighted by Gasteiger charge is -2.12. The maximum absolute atomic E-state index is 12.4. The number of nitrogens with one attached hydrogen (secondary N) is 1. The number of carbonyl (C=O) groups excluding carboxylic acids is 1. The number of hydrogen-bond acceptors (Lipinski definition) is 4. The number of aromatic nitrogens is 2. The summed E-state index contributed by atoms with van der Waals surface area (Å²) in [5.74, 6) is -1.27. The zero-order valence-corrected chi connectivity index (χ0v) is 13.1. The van der Waals surface area contributed by atoms with Crippen molar-refractivity contribution in [3.8, 4) is 0 Å². The molecule has 7 nitrogen and oxygen atoms in total. The first kappa shape index (κ1) is 16.7. The molecule has 0 saturated heterocycles. The van der Waals surface area contributed by atoms with Gasteiger partial charge in [-0.25, -0.2) is 4.98 Å². The highest BCUT2D eigenvalue weighted by molar-refractivity contribution is 5.80. The minimum Gasteiger partial charge on any atom is -0.481 e. The molecule has 0 aliphatic heterocycles. The van der Waals surface area contributed by atoms with Crippen LogP contribution in [0.3, 0.4) is 0 Å². The third-order valence-corrected chi connectivity index (χ3v) is 3.52. The maximum atomic E-state index is 12.4. The van der Waals surface area contributed by atoms with Crippen LogP contribution in [-0.2, 0) is 16.1 Å². The van der Waals surface area contributed by atoms with E-state index in [0.29, 0.717) is 10.9 Å². The second-order valence-electron chi connectivity index (χ2n) is 5.53. The van der Waals surface area contributed by atoms with Crippen molar-refractivity contribution >= 4 is 22.8 Å². The van der Waals surface area contributed by atoms with Crippen LogP contribution < -0.4 is 10.9 Å². The average molecular weight is 317 g/mol. The van der Waals surface area contributed by atoms with E-state index < -0.39 is 12.0 Å². The average Bonchev–Trinajstić information content (AvgIpc) is 2.46. The number of rotatable bonds is 6. The second-order valence-corrected chi connectivity index (χ2v) is 5.53. The third-order valence-electron chi connectivity index (χ3n) is 3.52. The first-order valence-corrected chi connectivity index (χ1v) is 7.34. The van der Waals surface area contributed by atoms with Gasteiger partial charge >= 0.3 is 5.97 Å². The number of aryl methyl sites for hydroxylation is 2. The fraction of sp³-hybridized carbons (Fsp3) is 0.375. The summed E-state index contributed by atoms with van der Waals surface area (Å²) in [5.41, 5.74) is 1.39. The Morgan fingerprint density at radius 1 is 1.39 bits per heavy atom. The molecular formula is C16H19N3O4. The van der Waals surface area contributed by atoms with Gasteiger partial charge in [0, 0.05) is 19.0 Å². The molecule has 0 spiro atoms. The van der Waals surface area contributed by atoms with E-state index in [4.69, 9.17) is 5.11 Å². The van der Waals surface area contributed by atoms with Crippen LogP contribution in [0.15, 0.2) is 29.3 Å². The van der Waals surface area contributed by atoms with Crippen LogP contribution in [0, 0.1) is 6.92 Å². The summed E-state index contributed by atoms with van der Waals surface area (Å²) in [6, 6.07) is 4.94. The lowest BCUT2D eigenvalue weighted by atomic mass is 10.1. The fourth-order valence-corrected chi connectivity index (χ4v) is 2.38. The standard InChI is InChI=1S/C16H19N3O4/c1-10-4-3-5-12-15(10)17-9-19(16(12)23)7-6-13(20)18-11(2)8-14(21)22/h3-5,9,11H,6-8H2,1-2H3,(H,18,20)(H,21,22). The Balaban J connectivity index is 2.05. The molecule has 0 aliphatic rings. The van der Waals surface area contributed by atoms with E-state index in [2.05, 4.69) is 10.3 Å². The van der Waals surface area contributed by atoms with Gasteiger partial charge in [0.05, 0.1) is 23.7 Å². The van der Waals surface area contributed by atoms with Crippen LogP contribution in [0.25, 0.3) is 10.9 Å². The number of hydrogen-bond donors (Lipinski definition) is 2. The smallest absolute Gasteiger partial charge is 0.305 e. The molecule has 122 valence electrons. The Bertz CT molecular complexity index is 798. The van der Waals surface area contributed by atoms with Gasteiger partial charge in [0.25, 0.3) is 5.56 Å². The summed E-state index contributed by atoms with van der Waals surface area (Å²) in [7, 11) is 0. The van der Waals surface area contributed by atoms with Gasteiger partial charge in [0.15, 0.2) is 0 Å². The first-order chi connectivity index (χ1) is 10.9. The van der Waals surface area contributed by atoms with E-state index in [1.807, 2.05) is 13.0 Å². The van der Waals surface area contributed by atoms with Crippen molar-refractivity contribution in [1.82, 2.24) is 14.9 Å². The largest absolute Gasteiger partial charge is 0.481 e. The van der Waals surface area contributed by atoms with E-state index in [1.165, 1.54) is 10.9 Å². The zero-order valence-electron chi connectivity index (χ0n) is 13.1. The quantitative estimate of drug-likeness (QED) is 0.830. The Morgan fingerprint density at radius 2 is 2.13 bits per heavy atom. The SMILES string of the molecule is Cc1cccc2c(=O)n(CCC(=O)NC(C)CC(=O)O)cnc12. The molecule has 0 bridgehead atoms. The molecule has 2 rings (SSSR count). The summed E-state index contributed by atoms with van der Waals surface area (Å²) in [5, 5.41) is 11.8. The number of carboxylic acids is 1. The van der Waals surface area contributed by atoms with E-state index in [0.717, 1.165) is 5.56 Å². The molecule has 0 radical (unpaired) electrons. The van der Waals surface area contributed by atoms with Crippen molar-refractivity contribution in [2.75, 3.05) is 0 Å². The summed E-state index contributed by atoms with van der Waals surface area (Å²) >= 11 is 0. The van der Waals surface area contributed by atoms with Gasteiger partial charge in [0.2, 0.25) is 5.91 Å². The van der Waals surface area contributed by atoms with Gasteiger partial charge in [-0.2, -0.15) is 0 Å². The van der Waals surface area contributed by atoms with Crippen molar-refractivity contribution in [2.24, 2.45) is 0 Å². The van der Waals surface area contributed by atoms with Crippen molar-refractivity contribution in [3.63, 3.8) is 0 Å². The van der Waals surface area contributed by atoms with Crippen LogP contribution in [0.4, 0.5) is 0 Å². The summed E-state index contributed by atoms with van der Waals surface area (Å²) in [4.78, 5) is 39.0. The van der Waals surface area contributed by atoms with Crippen molar-refractivity contribution in [3.05, 3.63) is 40.4 Å². The third kappa shape index (κ3) is 4.15. The van der Waals surface area contributed by atoms with Crippen molar-refractivity contribution in [2.45, 2.75) is 39.3 Å². The van der Waals surface area contributed by atoms with Gasteiger partial charge in [-0.15, -0.1) is 0 Å². The van der Waals surface area contributed by atoms with Crippen molar-refractivity contribution in [1.29, 1.82) is 0 Å². The highest BCUT2D eigenvalue weighted by Crippen LogP contribution is 2.11. The second kappa shape index (κ2) is 7.04. The lowest BCUT2D eigenvalue weighted by Crippen LogP contribution is -2.35. The molecule has 2 N–H and O–H groups in total. The number of amides is 1. The number of carbonyl (C=O) groups is 2. The molecule has 0 fully saturated rings. The Morgan fingerprint density at radius 3 is 2.83 bits per heavy atom. The predicted octanol–water partition coefficient (Wildman–Crippen LogP) is 1.07. The monoisotopic (exact) mass is 317 g/mol. The van der Waals surface area contributed by atoms with E-state index in [9.17, 15) is 14.4 Å². The van der Waals surface area contributed by atoms with Crippen LogP contribution in [-0.4, -0.2) is 32.6 Å². The van der Waals surface area contributed by atoms with Crippen molar-refractivity contribution < 1.29 is 14.7 Å². The molecule has 2 aromatic rings. The normalized spacial score (nSPS) is 12.1. The summed E-state index contributed by atoms with van der Waals surface area (Å²) in [6.45, 7) is 3.70. The number of para-hydroxylation sites is 1. The molecule has 23 heavy (non-hydrogen) atoms. The van der Waals surface area contributed by atoms with Gasteiger partial charge in [-0.05, 0) is 25.5 Å². The van der Waals surface area contributed by atoms with Crippen LogP contribution in [0.5, 0.6) is 0 Å². The number of nitrogens with zero attached hydrogens (tertiary/aromatic N) is 2. The topological polar surface area (TPSA) is 101 Å². The molecule has 1 aromatic heterocycles. The summed E-state index contributed by atoms with van der Waals surface area (Å²) < 4.78 is 1.39. The van der Waals surface area contributed by atoms with E-state index >= 15 is 0 Å². The molecule has 7 heteroatoms. The number of fused-ring (bicyclic) bond motifs is 1. The molecular weight excluding hydrogens is 298 g/mol. The molecule has 1 atom stereocenters. The Kier molecular flexibility index (Phi) is 5.10. The number of aliphatic carboxylic acids is 1. The van der Waals surface area contributed by atoms with E-state index in [-0.39, 0.29) is 30.9 Å². The van der Waals surface area contributed by atoms with Crippen LogP contribution in [0.1, 0.15) is 25.3 Å². The molecule has 1 heterocycles. The number of carboxylic acid groups (broad SMARTS) is 1. The zero-order chi connectivity index (χ0) is 17.0. The minimum absolute atomic E-state index is 0.0862. The molecule has 0 saturated carbocycles. The molecule has 1 aromatic carbocycles.